The van der Waals surface area contributed by atoms with Crippen LogP contribution in [0.25, 0.3) is 6.08 Å². The molecule has 1 amide bonds. The molecule has 0 spiro atoms. The van der Waals surface area contributed by atoms with Crippen molar-refractivity contribution in [2.45, 2.75) is 26.7 Å². The third-order valence-electron chi connectivity index (χ3n) is 8.49. The van der Waals surface area contributed by atoms with Gasteiger partial charge in [-0.05, 0) is 95.9 Å². The Bertz CT molecular complexity index is 2060. The zero-order valence-corrected chi connectivity index (χ0v) is 30.4. The fourth-order valence-corrected chi connectivity index (χ4v) is 5.91. The highest BCUT2D eigenvalue weighted by Gasteiger charge is 2.20. The average molecular weight is 758 g/mol. The Morgan fingerprint density at radius 3 is 2.25 bits per heavy atom. The lowest BCUT2D eigenvalue weighted by Crippen LogP contribution is -2.47. The zero-order chi connectivity index (χ0) is 36.5. The molecule has 1 aliphatic heterocycles. The lowest BCUT2D eigenvalue weighted by Gasteiger charge is -2.34. The number of halogens is 4. The Balaban J connectivity index is 0.00000541. The molecule has 6 rings (SSSR count). The predicted molar refractivity (Wildman–Crippen MR) is 201 cm³/mol. The van der Waals surface area contributed by atoms with Gasteiger partial charge in [-0.15, -0.1) is 12.4 Å². The number of ether oxygens (including phenoxy) is 3. The van der Waals surface area contributed by atoms with E-state index in [0.29, 0.717) is 78.6 Å². The van der Waals surface area contributed by atoms with Crippen molar-refractivity contribution in [2.24, 2.45) is 0 Å². The van der Waals surface area contributed by atoms with Crippen LogP contribution in [-0.4, -0.2) is 46.9 Å². The van der Waals surface area contributed by atoms with Gasteiger partial charge in [0.2, 0.25) is 11.8 Å². The van der Waals surface area contributed by atoms with Crippen LogP contribution in [0.1, 0.15) is 33.4 Å². The molecule has 1 saturated heterocycles. The van der Waals surface area contributed by atoms with E-state index < -0.39 is 0 Å². The van der Waals surface area contributed by atoms with Crippen LogP contribution in [0.2, 0.25) is 5.02 Å². The van der Waals surface area contributed by atoms with Gasteiger partial charge in [-0.2, -0.15) is 5.26 Å². The maximum Gasteiger partial charge on any atom is 0.246 e. The number of carbonyl (C=O) groups is 1. The van der Waals surface area contributed by atoms with E-state index in [-0.39, 0.29) is 36.6 Å². The van der Waals surface area contributed by atoms with Gasteiger partial charge in [0.15, 0.2) is 5.75 Å². The average Bonchev–Trinajstić information content (AvgIpc) is 3.16. The van der Waals surface area contributed by atoms with Gasteiger partial charge in [0.25, 0.3) is 0 Å². The molecular formula is C41H36Cl2F2N4O4. The fraction of sp³-hybridized carbons (Fsp3) is 0.195. The van der Waals surface area contributed by atoms with Crippen LogP contribution < -0.4 is 14.2 Å². The van der Waals surface area contributed by atoms with Gasteiger partial charge in [0.1, 0.15) is 36.3 Å². The van der Waals surface area contributed by atoms with Crippen molar-refractivity contribution in [3.63, 3.8) is 0 Å². The standard InChI is InChI=1S/C41H35ClF2N4O4.ClH/c1-28-20-31(21-37(42)41(28)52-39-14-13-36(24-46-39)50-26-30-4-2-29(23-45)3-5-30)7-15-40(49)48-18-16-47(17-19-48)25-32-6-8-33(38(44)22-32)27-51-35-11-9-34(43)10-12-35;/h2-15,20-22,24H,16-19,25-27H2,1H3;1H. The molecule has 0 atom stereocenters. The molecule has 0 radical (unpaired) electrons. The number of rotatable bonds is 12. The van der Waals surface area contributed by atoms with Crippen LogP contribution in [0.4, 0.5) is 8.78 Å². The largest absolute Gasteiger partial charge is 0.489 e. The number of aryl methyl sites for hydroxylation is 1. The first-order valence-electron chi connectivity index (χ1n) is 16.6. The number of pyridine rings is 1. The van der Waals surface area contributed by atoms with Crippen LogP contribution in [0.3, 0.4) is 0 Å². The number of amides is 1. The normalized spacial score (nSPS) is 12.9. The number of nitriles is 1. The number of piperazine rings is 1. The molecule has 0 N–H and O–H groups in total. The topological polar surface area (TPSA) is 87.9 Å². The third-order valence-corrected chi connectivity index (χ3v) is 8.77. The minimum absolute atomic E-state index is 0. The highest BCUT2D eigenvalue weighted by atomic mass is 35.5. The molecule has 0 unspecified atom stereocenters. The maximum atomic E-state index is 14.8. The SMILES string of the molecule is Cc1cc(C=CC(=O)N2CCN(Cc3ccc(COc4ccc(F)cc4)c(F)c3)CC2)cc(Cl)c1Oc1ccc(OCc2ccc(C#N)cc2)cn1.Cl. The van der Waals surface area contributed by atoms with Crippen molar-refractivity contribution in [1.82, 2.24) is 14.8 Å². The number of hydrogen-bond donors (Lipinski definition) is 0. The Morgan fingerprint density at radius 1 is 0.887 bits per heavy atom. The minimum Gasteiger partial charge on any atom is -0.489 e. The molecule has 1 aromatic heterocycles. The molecule has 5 aromatic rings. The molecule has 1 fully saturated rings. The van der Waals surface area contributed by atoms with Crippen LogP contribution >= 0.6 is 24.0 Å². The smallest absolute Gasteiger partial charge is 0.246 e. The van der Waals surface area contributed by atoms with E-state index in [0.717, 1.165) is 22.3 Å². The van der Waals surface area contributed by atoms with Crippen LogP contribution in [0.15, 0.2) is 103 Å². The van der Waals surface area contributed by atoms with Gasteiger partial charge in [-0.3, -0.25) is 9.69 Å². The summed E-state index contributed by atoms with van der Waals surface area (Å²) in [6.07, 6.45) is 4.85. The summed E-state index contributed by atoms with van der Waals surface area (Å²) in [6.45, 7) is 5.23. The number of carbonyl (C=O) groups excluding carboxylic acids is 1. The fourth-order valence-electron chi connectivity index (χ4n) is 5.60. The summed E-state index contributed by atoms with van der Waals surface area (Å²) in [4.78, 5) is 21.3. The first-order valence-corrected chi connectivity index (χ1v) is 17.0. The summed E-state index contributed by atoms with van der Waals surface area (Å²) in [7, 11) is 0. The van der Waals surface area contributed by atoms with Crippen molar-refractivity contribution in [1.29, 1.82) is 5.26 Å². The number of benzene rings is 4. The highest BCUT2D eigenvalue weighted by molar-refractivity contribution is 6.32. The first-order chi connectivity index (χ1) is 25.2. The molecule has 2 heterocycles. The second-order valence-corrected chi connectivity index (χ2v) is 12.7. The van der Waals surface area contributed by atoms with E-state index in [9.17, 15) is 13.6 Å². The molecule has 4 aromatic carbocycles. The zero-order valence-electron chi connectivity index (χ0n) is 28.8. The van der Waals surface area contributed by atoms with Gasteiger partial charge in [-0.25, -0.2) is 13.8 Å². The lowest BCUT2D eigenvalue weighted by atomic mass is 10.1. The van der Waals surface area contributed by atoms with Crippen molar-refractivity contribution >= 4 is 36.0 Å². The number of nitrogens with zero attached hydrogens (tertiary/aromatic N) is 4. The summed E-state index contributed by atoms with van der Waals surface area (Å²) in [5.41, 5.74) is 4.31. The molecule has 8 nitrogen and oxygen atoms in total. The summed E-state index contributed by atoms with van der Waals surface area (Å²) in [5.74, 6) is 1.03. The molecule has 0 bridgehead atoms. The summed E-state index contributed by atoms with van der Waals surface area (Å²) in [6, 6.07) is 27.0. The predicted octanol–water partition coefficient (Wildman–Crippen LogP) is 8.92. The molecule has 12 heteroatoms. The van der Waals surface area contributed by atoms with E-state index in [2.05, 4.69) is 16.0 Å². The van der Waals surface area contributed by atoms with Crippen molar-refractivity contribution in [2.75, 3.05) is 26.2 Å². The summed E-state index contributed by atoms with van der Waals surface area (Å²) < 4.78 is 45.2. The Kier molecular flexibility index (Phi) is 13.4. The first kappa shape index (κ1) is 38.8. The van der Waals surface area contributed by atoms with Gasteiger partial charge in [0.05, 0.1) is 22.9 Å². The maximum absolute atomic E-state index is 14.8. The summed E-state index contributed by atoms with van der Waals surface area (Å²) >= 11 is 6.59. The third kappa shape index (κ3) is 10.8. The van der Waals surface area contributed by atoms with E-state index in [4.69, 9.17) is 31.1 Å². The van der Waals surface area contributed by atoms with E-state index in [1.165, 1.54) is 30.3 Å². The van der Waals surface area contributed by atoms with Gasteiger partial charge in [0, 0.05) is 50.4 Å². The molecule has 272 valence electrons. The Hall–Kier alpha value is -5.47. The van der Waals surface area contributed by atoms with Crippen molar-refractivity contribution < 1.29 is 27.8 Å². The number of hydrogen-bond acceptors (Lipinski definition) is 7. The van der Waals surface area contributed by atoms with Gasteiger partial charge in [-0.1, -0.05) is 35.9 Å². The summed E-state index contributed by atoms with van der Waals surface area (Å²) in [5, 5.41) is 9.33. The molecular weight excluding hydrogens is 721 g/mol. The van der Waals surface area contributed by atoms with E-state index >= 15 is 0 Å². The van der Waals surface area contributed by atoms with Crippen molar-refractivity contribution in [3.05, 3.63) is 153 Å². The molecule has 53 heavy (non-hydrogen) atoms. The quantitative estimate of drug-likeness (QED) is 0.118. The second kappa shape index (κ2) is 18.3. The van der Waals surface area contributed by atoms with Gasteiger partial charge >= 0.3 is 0 Å². The van der Waals surface area contributed by atoms with Crippen LogP contribution in [-0.2, 0) is 24.6 Å². The lowest BCUT2D eigenvalue weighted by molar-refractivity contribution is -0.127. The van der Waals surface area contributed by atoms with E-state index in [1.54, 1.807) is 59.6 Å². The Labute approximate surface area is 318 Å². The molecule has 1 aliphatic rings. The molecule has 0 aliphatic carbocycles. The second-order valence-electron chi connectivity index (χ2n) is 12.3. The number of aromatic nitrogens is 1. The van der Waals surface area contributed by atoms with Crippen molar-refractivity contribution in [3.8, 4) is 29.2 Å². The van der Waals surface area contributed by atoms with Gasteiger partial charge < -0.3 is 19.1 Å². The minimum atomic E-state index is -0.359. The monoisotopic (exact) mass is 756 g/mol. The molecule has 0 saturated carbocycles. The van der Waals surface area contributed by atoms with Crippen LogP contribution in [0.5, 0.6) is 23.1 Å². The highest BCUT2D eigenvalue weighted by Crippen LogP contribution is 2.34. The van der Waals surface area contributed by atoms with Crippen LogP contribution in [0, 0.1) is 29.9 Å². The van der Waals surface area contributed by atoms with E-state index in [1.807, 2.05) is 31.2 Å². The Morgan fingerprint density at radius 2 is 1.58 bits per heavy atom.